The average Bonchev–Trinajstić information content (AvgIpc) is 2.52. The van der Waals surface area contributed by atoms with Gasteiger partial charge >= 0.3 is 6.09 Å². The van der Waals surface area contributed by atoms with E-state index in [-0.39, 0.29) is 35.9 Å². The summed E-state index contributed by atoms with van der Waals surface area (Å²) >= 11 is 0. The van der Waals surface area contributed by atoms with Crippen LogP contribution in [-0.4, -0.2) is 37.3 Å². The largest absolute Gasteiger partial charge is 0.488 e. The normalized spacial score (nSPS) is 14.3. The zero-order valence-electron chi connectivity index (χ0n) is 14.9. The fraction of sp³-hybridized carbons (Fsp3) is 0.444. The Labute approximate surface area is 150 Å². The highest BCUT2D eigenvalue weighted by molar-refractivity contribution is 5.99. The van der Waals surface area contributed by atoms with Gasteiger partial charge in [-0.3, -0.25) is 4.79 Å². The van der Waals surface area contributed by atoms with Crippen molar-refractivity contribution in [3.8, 4) is 5.75 Å². The van der Waals surface area contributed by atoms with Crippen LogP contribution in [-0.2, 0) is 11.2 Å². The van der Waals surface area contributed by atoms with Crippen molar-refractivity contribution < 1.29 is 27.8 Å². The van der Waals surface area contributed by atoms with Gasteiger partial charge < -0.3 is 20.1 Å². The number of carbonyl (C=O) groups excluding carboxylic acids is 2. The maximum absolute atomic E-state index is 13.7. The Balaban J connectivity index is 2.00. The molecule has 26 heavy (non-hydrogen) atoms. The predicted molar refractivity (Wildman–Crippen MR) is 91.4 cm³/mol. The zero-order valence-corrected chi connectivity index (χ0v) is 14.9. The van der Waals surface area contributed by atoms with E-state index in [9.17, 15) is 18.4 Å². The summed E-state index contributed by atoms with van der Waals surface area (Å²) in [6.07, 6.45) is 0.0871. The molecular formula is C18H22F2N2O4. The number of rotatable bonds is 5. The number of alkyl carbamates (subject to hydrolysis) is 1. The molecule has 0 unspecified atom stereocenters. The molecule has 0 radical (unpaired) electrons. The quantitative estimate of drug-likeness (QED) is 0.838. The Morgan fingerprint density at radius 1 is 1.38 bits per heavy atom. The van der Waals surface area contributed by atoms with Crippen molar-refractivity contribution in [2.75, 3.05) is 19.7 Å². The molecule has 1 aromatic carbocycles. The third-order valence-electron chi connectivity index (χ3n) is 3.48. The number of ether oxygens (including phenoxy) is 2. The minimum atomic E-state index is -0.695. The SMILES string of the molecule is CC(C)(C)OC(=O)NC/C(=C\F)COc1cc(F)cc2c1C(=O)NCC2. The molecular weight excluding hydrogens is 346 g/mol. The highest BCUT2D eigenvalue weighted by Gasteiger charge is 2.23. The second-order valence-electron chi connectivity index (χ2n) is 6.86. The molecule has 0 atom stereocenters. The van der Waals surface area contributed by atoms with E-state index in [2.05, 4.69) is 10.6 Å². The first-order chi connectivity index (χ1) is 12.2. The highest BCUT2D eigenvalue weighted by atomic mass is 19.1. The van der Waals surface area contributed by atoms with Gasteiger partial charge in [0.15, 0.2) is 0 Å². The van der Waals surface area contributed by atoms with Crippen molar-refractivity contribution in [3.05, 3.63) is 41.0 Å². The summed E-state index contributed by atoms with van der Waals surface area (Å²) in [6, 6.07) is 2.37. The summed E-state index contributed by atoms with van der Waals surface area (Å²) < 4.78 is 37.3. The summed E-state index contributed by atoms with van der Waals surface area (Å²) in [7, 11) is 0. The average molecular weight is 368 g/mol. The lowest BCUT2D eigenvalue weighted by molar-refractivity contribution is 0.0531. The van der Waals surface area contributed by atoms with E-state index in [1.165, 1.54) is 6.07 Å². The van der Waals surface area contributed by atoms with E-state index in [1.54, 1.807) is 20.8 Å². The molecule has 0 spiro atoms. The first-order valence-electron chi connectivity index (χ1n) is 8.18. The molecule has 142 valence electrons. The first-order valence-corrected chi connectivity index (χ1v) is 8.18. The van der Waals surface area contributed by atoms with E-state index in [0.29, 0.717) is 24.9 Å². The number of nitrogens with one attached hydrogen (secondary N) is 2. The highest BCUT2D eigenvalue weighted by Crippen LogP contribution is 2.27. The second-order valence-corrected chi connectivity index (χ2v) is 6.86. The second kappa shape index (κ2) is 8.16. The van der Waals surface area contributed by atoms with E-state index >= 15 is 0 Å². The number of carbonyl (C=O) groups is 2. The van der Waals surface area contributed by atoms with Crippen LogP contribution in [0.2, 0.25) is 0 Å². The summed E-state index contributed by atoms with van der Waals surface area (Å²) in [4.78, 5) is 23.6. The molecule has 0 aliphatic carbocycles. The minimum Gasteiger partial charge on any atom is -0.488 e. The lowest BCUT2D eigenvalue weighted by Crippen LogP contribution is -2.34. The summed E-state index contributed by atoms with van der Waals surface area (Å²) in [6.45, 7) is 5.15. The Morgan fingerprint density at radius 3 is 2.77 bits per heavy atom. The molecule has 0 saturated heterocycles. The molecule has 0 aromatic heterocycles. The van der Waals surface area contributed by atoms with Crippen molar-refractivity contribution in [1.29, 1.82) is 0 Å². The van der Waals surface area contributed by atoms with Gasteiger partial charge in [0.25, 0.3) is 5.91 Å². The summed E-state index contributed by atoms with van der Waals surface area (Å²) in [5, 5.41) is 5.06. The van der Waals surface area contributed by atoms with Crippen LogP contribution in [0, 0.1) is 5.82 Å². The predicted octanol–water partition coefficient (Wildman–Crippen LogP) is 2.87. The third-order valence-corrected chi connectivity index (χ3v) is 3.48. The van der Waals surface area contributed by atoms with Crippen LogP contribution in [0.15, 0.2) is 24.0 Å². The Morgan fingerprint density at radius 2 is 2.12 bits per heavy atom. The van der Waals surface area contributed by atoms with Gasteiger partial charge in [0, 0.05) is 24.7 Å². The minimum absolute atomic E-state index is 0.0359. The molecule has 2 rings (SSSR count). The molecule has 6 nitrogen and oxygen atoms in total. The van der Waals surface area contributed by atoms with Crippen molar-refractivity contribution in [3.63, 3.8) is 0 Å². The Kier molecular flexibility index (Phi) is 6.18. The lowest BCUT2D eigenvalue weighted by Gasteiger charge is -2.21. The number of amides is 2. The van der Waals surface area contributed by atoms with Crippen molar-refractivity contribution in [1.82, 2.24) is 10.6 Å². The van der Waals surface area contributed by atoms with Crippen LogP contribution >= 0.6 is 0 Å². The van der Waals surface area contributed by atoms with E-state index in [4.69, 9.17) is 9.47 Å². The molecule has 0 fully saturated rings. The zero-order chi connectivity index (χ0) is 19.3. The smallest absolute Gasteiger partial charge is 0.407 e. The van der Waals surface area contributed by atoms with Crippen LogP contribution in [0.25, 0.3) is 0 Å². The van der Waals surface area contributed by atoms with Crippen molar-refractivity contribution in [2.45, 2.75) is 32.8 Å². The van der Waals surface area contributed by atoms with Gasteiger partial charge in [0.2, 0.25) is 0 Å². The molecule has 8 heteroatoms. The van der Waals surface area contributed by atoms with Gasteiger partial charge in [-0.05, 0) is 38.8 Å². The third kappa shape index (κ3) is 5.44. The fourth-order valence-corrected chi connectivity index (χ4v) is 2.40. The van der Waals surface area contributed by atoms with E-state index < -0.39 is 17.5 Å². The summed E-state index contributed by atoms with van der Waals surface area (Å²) in [5.74, 6) is -0.862. The maximum Gasteiger partial charge on any atom is 0.407 e. The molecule has 1 aromatic rings. The molecule has 0 bridgehead atoms. The van der Waals surface area contributed by atoms with Crippen molar-refractivity contribution in [2.24, 2.45) is 0 Å². The van der Waals surface area contributed by atoms with Crippen LogP contribution in [0.1, 0.15) is 36.7 Å². The number of benzene rings is 1. The number of fused-ring (bicyclic) bond motifs is 1. The van der Waals surface area contributed by atoms with Gasteiger partial charge in [-0.2, -0.15) is 0 Å². The summed E-state index contributed by atoms with van der Waals surface area (Å²) in [5.41, 5.74) is 0.219. The van der Waals surface area contributed by atoms with Gasteiger partial charge in [0.05, 0.1) is 11.9 Å². The van der Waals surface area contributed by atoms with Crippen LogP contribution in [0.4, 0.5) is 13.6 Å². The molecule has 2 amide bonds. The topological polar surface area (TPSA) is 76.7 Å². The molecule has 2 N–H and O–H groups in total. The fourth-order valence-electron chi connectivity index (χ4n) is 2.40. The molecule has 1 aliphatic heterocycles. The van der Waals surface area contributed by atoms with Crippen LogP contribution in [0.3, 0.4) is 0 Å². The molecule has 0 saturated carbocycles. The van der Waals surface area contributed by atoms with Crippen LogP contribution < -0.4 is 15.4 Å². The number of halogens is 2. The molecule has 1 heterocycles. The van der Waals surface area contributed by atoms with Gasteiger partial charge in [0.1, 0.15) is 23.8 Å². The van der Waals surface area contributed by atoms with Crippen LogP contribution in [0.5, 0.6) is 5.75 Å². The van der Waals surface area contributed by atoms with Gasteiger partial charge in [-0.15, -0.1) is 0 Å². The van der Waals surface area contributed by atoms with Crippen molar-refractivity contribution >= 4 is 12.0 Å². The molecule has 1 aliphatic rings. The number of hydrogen-bond donors (Lipinski definition) is 2. The van der Waals surface area contributed by atoms with Gasteiger partial charge in [-0.25, -0.2) is 13.6 Å². The van der Waals surface area contributed by atoms with Gasteiger partial charge in [-0.1, -0.05) is 0 Å². The first kappa shape index (κ1) is 19.7. The maximum atomic E-state index is 13.7. The van der Waals surface area contributed by atoms with E-state index in [0.717, 1.165) is 6.07 Å². The monoisotopic (exact) mass is 368 g/mol. The standard InChI is InChI=1S/C18H22F2N2O4/c1-18(2,3)26-17(24)22-9-11(8-19)10-25-14-7-13(20)6-12-4-5-21-16(23)15(12)14/h6-8H,4-5,9-10H2,1-3H3,(H,21,23)(H,22,24)/b11-8+. The Bertz CT molecular complexity index is 727. The van der Waals surface area contributed by atoms with E-state index in [1.807, 2.05) is 0 Å². The number of hydrogen-bond acceptors (Lipinski definition) is 4. The lowest BCUT2D eigenvalue weighted by atomic mass is 9.99. The Hall–Kier alpha value is -2.64.